The summed E-state index contributed by atoms with van der Waals surface area (Å²) in [5.74, 6) is 0.888. The van der Waals surface area contributed by atoms with Crippen molar-refractivity contribution < 1.29 is 5.11 Å². The van der Waals surface area contributed by atoms with E-state index in [0.717, 1.165) is 31.8 Å². The van der Waals surface area contributed by atoms with Crippen molar-refractivity contribution in [1.29, 1.82) is 0 Å². The first kappa shape index (κ1) is 12.3. The van der Waals surface area contributed by atoms with Gasteiger partial charge >= 0.3 is 0 Å². The molecule has 0 amide bonds. The van der Waals surface area contributed by atoms with Gasteiger partial charge in [-0.15, -0.1) is 0 Å². The minimum Gasteiger partial charge on any atom is -0.390 e. The lowest BCUT2D eigenvalue weighted by atomic mass is 9.91. The van der Waals surface area contributed by atoms with Gasteiger partial charge in [0.05, 0.1) is 5.60 Å². The molecule has 0 atom stereocenters. The molecule has 0 aromatic rings. The highest BCUT2D eigenvalue weighted by atomic mass is 16.3. The normalized spacial score (nSPS) is 29.4. The van der Waals surface area contributed by atoms with Crippen LogP contribution in [0.1, 0.15) is 32.6 Å². The molecule has 2 aliphatic rings. The van der Waals surface area contributed by atoms with Crippen LogP contribution in [0.2, 0.25) is 0 Å². The molecular formula is C13H26N2O. The number of hydrogen-bond acceptors (Lipinski definition) is 3. The predicted octanol–water partition coefficient (Wildman–Crippen LogP) is 1.17. The Morgan fingerprint density at radius 2 is 1.69 bits per heavy atom. The van der Waals surface area contributed by atoms with Gasteiger partial charge in [0, 0.05) is 19.6 Å². The second-order valence-corrected chi connectivity index (χ2v) is 6.04. The van der Waals surface area contributed by atoms with Crippen molar-refractivity contribution in [2.45, 2.75) is 38.2 Å². The van der Waals surface area contributed by atoms with Crippen LogP contribution < -0.4 is 0 Å². The Hall–Kier alpha value is -0.120. The van der Waals surface area contributed by atoms with Crippen molar-refractivity contribution >= 4 is 0 Å². The summed E-state index contributed by atoms with van der Waals surface area (Å²) in [6.07, 6.45) is 4.59. The fraction of sp³-hybridized carbons (Fsp3) is 1.00. The largest absolute Gasteiger partial charge is 0.390 e. The highest BCUT2D eigenvalue weighted by Crippen LogP contribution is 2.24. The second kappa shape index (κ2) is 5.03. The summed E-state index contributed by atoms with van der Waals surface area (Å²) >= 11 is 0. The molecule has 2 heterocycles. The lowest BCUT2D eigenvalue weighted by Crippen LogP contribution is -2.45. The van der Waals surface area contributed by atoms with Crippen molar-refractivity contribution in [3.05, 3.63) is 0 Å². The van der Waals surface area contributed by atoms with Crippen LogP contribution in [0.4, 0.5) is 0 Å². The summed E-state index contributed by atoms with van der Waals surface area (Å²) in [4.78, 5) is 4.98. The predicted molar refractivity (Wildman–Crippen MR) is 66.5 cm³/mol. The molecule has 16 heavy (non-hydrogen) atoms. The molecule has 3 nitrogen and oxygen atoms in total. The van der Waals surface area contributed by atoms with Crippen molar-refractivity contribution in [2.24, 2.45) is 5.92 Å². The van der Waals surface area contributed by atoms with E-state index in [1.165, 1.54) is 32.5 Å². The van der Waals surface area contributed by atoms with E-state index in [1.807, 2.05) is 6.92 Å². The summed E-state index contributed by atoms with van der Waals surface area (Å²) in [6, 6.07) is 0. The van der Waals surface area contributed by atoms with Crippen LogP contribution in [0, 0.1) is 5.92 Å². The van der Waals surface area contributed by atoms with E-state index < -0.39 is 5.60 Å². The quantitative estimate of drug-likeness (QED) is 0.766. The van der Waals surface area contributed by atoms with Gasteiger partial charge in [0.25, 0.3) is 0 Å². The summed E-state index contributed by atoms with van der Waals surface area (Å²) in [5, 5.41) is 9.90. The highest BCUT2D eigenvalue weighted by Gasteiger charge is 2.28. The maximum Gasteiger partial charge on any atom is 0.0644 e. The lowest BCUT2D eigenvalue weighted by Gasteiger charge is -2.39. The number of hydrogen-bond donors (Lipinski definition) is 1. The monoisotopic (exact) mass is 226 g/mol. The van der Waals surface area contributed by atoms with Crippen LogP contribution in [-0.2, 0) is 0 Å². The Labute approximate surface area is 99.4 Å². The zero-order valence-electron chi connectivity index (χ0n) is 10.8. The Morgan fingerprint density at radius 1 is 1.12 bits per heavy atom. The van der Waals surface area contributed by atoms with Crippen LogP contribution >= 0.6 is 0 Å². The van der Waals surface area contributed by atoms with Crippen molar-refractivity contribution in [1.82, 2.24) is 9.80 Å². The molecule has 2 saturated heterocycles. The standard InChI is InChI=1S/C13H26N2O/c1-13(16)5-9-15(10-6-13)11-12-3-7-14(2)8-4-12/h12,16H,3-11H2,1-2H3. The summed E-state index contributed by atoms with van der Waals surface area (Å²) in [7, 11) is 2.22. The second-order valence-electron chi connectivity index (χ2n) is 6.04. The van der Waals surface area contributed by atoms with Crippen LogP contribution in [0.5, 0.6) is 0 Å². The average molecular weight is 226 g/mol. The van der Waals surface area contributed by atoms with Crippen LogP contribution in [-0.4, -0.2) is 60.3 Å². The zero-order chi connectivity index (χ0) is 11.6. The molecule has 0 aliphatic carbocycles. The zero-order valence-corrected chi connectivity index (χ0v) is 10.8. The van der Waals surface area contributed by atoms with E-state index >= 15 is 0 Å². The molecule has 0 bridgehead atoms. The number of aliphatic hydroxyl groups is 1. The molecular weight excluding hydrogens is 200 g/mol. The molecule has 0 aromatic heterocycles. The SMILES string of the molecule is CN1CCC(CN2CCC(C)(O)CC2)CC1. The number of rotatable bonds is 2. The van der Waals surface area contributed by atoms with E-state index in [9.17, 15) is 5.11 Å². The molecule has 3 heteroatoms. The molecule has 0 spiro atoms. The summed E-state index contributed by atoms with van der Waals surface area (Å²) in [5.41, 5.74) is -0.400. The molecule has 0 unspecified atom stereocenters. The Morgan fingerprint density at radius 3 is 2.25 bits per heavy atom. The minimum atomic E-state index is -0.400. The summed E-state index contributed by atoms with van der Waals surface area (Å²) < 4.78 is 0. The Balaban J connectivity index is 1.71. The first-order valence-electron chi connectivity index (χ1n) is 6.68. The van der Waals surface area contributed by atoms with E-state index in [0.29, 0.717) is 0 Å². The Bertz CT molecular complexity index is 212. The number of nitrogens with zero attached hydrogens (tertiary/aromatic N) is 2. The van der Waals surface area contributed by atoms with Gasteiger partial charge < -0.3 is 14.9 Å². The van der Waals surface area contributed by atoms with Gasteiger partial charge in [-0.3, -0.25) is 0 Å². The lowest BCUT2D eigenvalue weighted by molar-refractivity contribution is -0.0108. The topological polar surface area (TPSA) is 26.7 Å². The van der Waals surface area contributed by atoms with Crippen LogP contribution in [0.15, 0.2) is 0 Å². The average Bonchev–Trinajstić information content (AvgIpc) is 2.24. The van der Waals surface area contributed by atoms with Gasteiger partial charge in [0.1, 0.15) is 0 Å². The minimum absolute atomic E-state index is 0.400. The third-order valence-corrected chi connectivity index (χ3v) is 4.29. The van der Waals surface area contributed by atoms with Crippen molar-refractivity contribution in [2.75, 3.05) is 39.8 Å². The molecule has 2 rings (SSSR count). The third-order valence-electron chi connectivity index (χ3n) is 4.29. The maximum absolute atomic E-state index is 9.90. The van der Waals surface area contributed by atoms with Gasteiger partial charge in [-0.05, 0) is 58.7 Å². The van der Waals surface area contributed by atoms with Gasteiger partial charge in [0.15, 0.2) is 0 Å². The highest BCUT2D eigenvalue weighted by molar-refractivity contribution is 4.83. The first-order chi connectivity index (χ1) is 7.55. The number of piperidine rings is 2. The fourth-order valence-electron chi connectivity index (χ4n) is 2.83. The van der Waals surface area contributed by atoms with E-state index in [1.54, 1.807) is 0 Å². The van der Waals surface area contributed by atoms with Crippen LogP contribution in [0.25, 0.3) is 0 Å². The molecule has 0 radical (unpaired) electrons. The smallest absolute Gasteiger partial charge is 0.0644 e. The number of likely N-dealkylation sites (tertiary alicyclic amines) is 2. The molecule has 0 aromatic carbocycles. The fourth-order valence-corrected chi connectivity index (χ4v) is 2.83. The van der Waals surface area contributed by atoms with E-state index in [4.69, 9.17) is 0 Å². The molecule has 94 valence electrons. The molecule has 2 aliphatic heterocycles. The van der Waals surface area contributed by atoms with Crippen LogP contribution in [0.3, 0.4) is 0 Å². The Kier molecular flexibility index (Phi) is 3.88. The molecule has 1 N–H and O–H groups in total. The van der Waals surface area contributed by atoms with Crippen molar-refractivity contribution in [3.8, 4) is 0 Å². The van der Waals surface area contributed by atoms with E-state index in [2.05, 4.69) is 16.8 Å². The third kappa shape index (κ3) is 3.44. The maximum atomic E-state index is 9.90. The van der Waals surface area contributed by atoms with Gasteiger partial charge in [-0.2, -0.15) is 0 Å². The molecule has 0 saturated carbocycles. The van der Waals surface area contributed by atoms with E-state index in [-0.39, 0.29) is 0 Å². The van der Waals surface area contributed by atoms with Gasteiger partial charge in [0.2, 0.25) is 0 Å². The van der Waals surface area contributed by atoms with Gasteiger partial charge in [-0.1, -0.05) is 0 Å². The first-order valence-corrected chi connectivity index (χ1v) is 6.68. The van der Waals surface area contributed by atoms with Gasteiger partial charge in [-0.25, -0.2) is 0 Å². The summed E-state index contributed by atoms with van der Waals surface area (Å²) in [6.45, 7) is 7.91. The van der Waals surface area contributed by atoms with Crippen molar-refractivity contribution in [3.63, 3.8) is 0 Å². The molecule has 2 fully saturated rings.